The van der Waals surface area contributed by atoms with Gasteiger partial charge in [-0.15, -0.1) is 0 Å². The van der Waals surface area contributed by atoms with Gasteiger partial charge in [0.1, 0.15) is 12.2 Å². The van der Waals surface area contributed by atoms with Gasteiger partial charge in [-0.1, -0.05) is 24.3 Å². The third-order valence-corrected chi connectivity index (χ3v) is 3.30. The molecule has 0 saturated heterocycles. The summed E-state index contributed by atoms with van der Waals surface area (Å²) in [6, 6.07) is 11.0. The van der Waals surface area contributed by atoms with Gasteiger partial charge in [-0.2, -0.15) is 0 Å². The first-order valence-corrected chi connectivity index (χ1v) is 6.43. The Balaban J connectivity index is 2.18. The molecule has 0 unspecified atom stereocenters. The molecule has 6 nitrogen and oxygen atoms in total. The summed E-state index contributed by atoms with van der Waals surface area (Å²) >= 11 is 0. The van der Waals surface area contributed by atoms with E-state index >= 15 is 0 Å². The molecule has 0 saturated carbocycles. The lowest BCUT2D eigenvalue weighted by molar-refractivity contribution is 0.0172. The molecule has 22 heavy (non-hydrogen) atoms. The summed E-state index contributed by atoms with van der Waals surface area (Å²) in [7, 11) is 0. The van der Waals surface area contributed by atoms with Crippen molar-refractivity contribution in [1.82, 2.24) is 0 Å². The molecule has 0 aliphatic heterocycles. The highest BCUT2D eigenvalue weighted by Crippen LogP contribution is 2.29. The minimum absolute atomic E-state index is 0.0799. The number of aliphatic hydroxyl groups is 2. The van der Waals surface area contributed by atoms with Crippen molar-refractivity contribution in [2.24, 2.45) is 0 Å². The van der Waals surface area contributed by atoms with E-state index < -0.39 is 24.1 Å². The maximum atomic E-state index is 10.8. The number of benzene rings is 2. The lowest BCUT2D eigenvalue weighted by atomic mass is 9.97. The maximum absolute atomic E-state index is 10.8. The predicted octanol–water partition coefficient (Wildman–Crippen LogP) is 1.85. The molecule has 114 valence electrons. The second-order valence-corrected chi connectivity index (χ2v) is 4.74. The minimum Gasteiger partial charge on any atom is -0.478 e. The number of aromatic carboxylic acids is 2. The molecule has 0 fully saturated rings. The van der Waals surface area contributed by atoms with Gasteiger partial charge in [0.05, 0.1) is 11.1 Å². The topological polar surface area (TPSA) is 115 Å². The normalized spacial score (nSPS) is 13.4. The van der Waals surface area contributed by atoms with Crippen LogP contribution in [0, 0.1) is 0 Å². The van der Waals surface area contributed by atoms with Crippen LogP contribution in [-0.2, 0) is 0 Å². The van der Waals surface area contributed by atoms with Crippen molar-refractivity contribution in [1.29, 1.82) is 0 Å². The van der Waals surface area contributed by atoms with Crippen molar-refractivity contribution in [3.63, 3.8) is 0 Å². The molecule has 0 radical (unpaired) electrons. The average Bonchev–Trinajstić information content (AvgIpc) is 2.53. The molecule has 0 spiro atoms. The Bertz CT molecular complexity index is 613. The lowest BCUT2D eigenvalue weighted by Gasteiger charge is -2.18. The summed E-state index contributed by atoms with van der Waals surface area (Å²) in [4.78, 5) is 21.5. The Morgan fingerprint density at radius 3 is 1.14 bits per heavy atom. The number of carbonyl (C=O) groups is 2. The monoisotopic (exact) mass is 302 g/mol. The zero-order chi connectivity index (χ0) is 16.3. The van der Waals surface area contributed by atoms with Crippen molar-refractivity contribution < 1.29 is 30.0 Å². The van der Waals surface area contributed by atoms with Crippen LogP contribution in [0.3, 0.4) is 0 Å². The van der Waals surface area contributed by atoms with Gasteiger partial charge >= 0.3 is 11.9 Å². The van der Waals surface area contributed by atoms with Crippen molar-refractivity contribution in [3.05, 3.63) is 70.8 Å². The van der Waals surface area contributed by atoms with E-state index in [0.29, 0.717) is 11.1 Å². The summed E-state index contributed by atoms with van der Waals surface area (Å²) in [6.45, 7) is 0. The standard InChI is InChI=1S/C16H14O6/c17-13(9-1-5-11(6-2-9)15(19)20)14(18)10-3-7-12(8-4-10)16(21)22/h1-8,13-14,17-18H,(H,19,20)(H,21,22)/t13-,14-/m0/s1. The van der Waals surface area contributed by atoms with E-state index in [0.717, 1.165) is 0 Å². The second kappa shape index (κ2) is 6.38. The number of hydrogen-bond acceptors (Lipinski definition) is 4. The van der Waals surface area contributed by atoms with Crippen LogP contribution in [0.15, 0.2) is 48.5 Å². The van der Waals surface area contributed by atoms with E-state index in [1.165, 1.54) is 48.5 Å². The van der Waals surface area contributed by atoms with Gasteiger partial charge in [0.15, 0.2) is 0 Å². The number of carboxylic acids is 2. The molecule has 0 amide bonds. The summed E-state index contributed by atoms with van der Waals surface area (Å²) in [6.07, 6.45) is -2.50. The highest BCUT2D eigenvalue weighted by molar-refractivity contribution is 5.88. The van der Waals surface area contributed by atoms with Crippen LogP contribution in [0.4, 0.5) is 0 Å². The molecule has 0 aliphatic carbocycles. The summed E-state index contributed by atoms with van der Waals surface area (Å²) < 4.78 is 0. The lowest BCUT2D eigenvalue weighted by Crippen LogP contribution is -2.11. The molecule has 2 rings (SSSR count). The average molecular weight is 302 g/mol. The highest BCUT2D eigenvalue weighted by Gasteiger charge is 2.20. The highest BCUT2D eigenvalue weighted by atomic mass is 16.4. The Hall–Kier alpha value is -2.70. The molecule has 2 aromatic rings. The van der Waals surface area contributed by atoms with Crippen LogP contribution in [0.1, 0.15) is 44.1 Å². The third kappa shape index (κ3) is 3.30. The number of aliphatic hydroxyl groups excluding tert-OH is 2. The molecule has 2 atom stereocenters. The molecule has 0 aliphatic rings. The SMILES string of the molecule is O=C(O)c1ccc([C@H](O)[C@@H](O)c2ccc(C(=O)O)cc2)cc1. The van der Waals surface area contributed by atoms with Crippen LogP contribution in [-0.4, -0.2) is 32.4 Å². The fraction of sp³-hybridized carbons (Fsp3) is 0.125. The Morgan fingerprint density at radius 2 is 0.909 bits per heavy atom. The number of rotatable bonds is 5. The van der Waals surface area contributed by atoms with E-state index in [2.05, 4.69) is 0 Å². The molecule has 4 N–H and O–H groups in total. The van der Waals surface area contributed by atoms with Gasteiger partial charge in [-0.3, -0.25) is 0 Å². The molecule has 6 heteroatoms. The fourth-order valence-corrected chi connectivity index (χ4v) is 2.01. The van der Waals surface area contributed by atoms with E-state index in [1.807, 2.05) is 0 Å². The van der Waals surface area contributed by atoms with Crippen molar-refractivity contribution in [2.45, 2.75) is 12.2 Å². The smallest absolute Gasteiger partial charge is 0.335 e. The number of hydrogen-bond donors (Lipinski definition) is 4. The van der Waals surface area contributed by atoms with Gasteiger partial charge in [-0.25, -0.2) is 9.59 Å². The van der Waals surface area contributed by atoms with Crippen LogP contribution >= 0.6 is 0 Å². The largest absolute Gasteiger partial charge is 0.478 e. The Morgan fingerprint density at radius 1 is 0.636 bits per heavy atom. The van der Waals surface area contributed by atoms with Crippen LogP contribution in [0.2, 0.25) is 0 Å². The Labute approximate surface area is 125 Å². The quantitative estimate of drug-likeness (QED) is 0.670. The molecular formula is C16H14O6. The molecule has 0 aromatic heterocycles. The van der Waals surface area contributed by atoms with E-state index in [1.54, 1.807) is 0 Å². The zero-order valence-electron chi connectivity index (χ0n) is 11.4. The van der Waals surface area contributed by atoms with Crippen LogP contribution < -0.4 is 0 Å². The zero-order valence-corrected chi connectivity index (χ0v) is 11.4. The van der Waals surface area contributed by atoms with Crippen molar-refractivity contribution in [2.75, 3.05) is 0 Å². The second-order valence-electron chi connectivity index (χ2n) is 4.74. The van der Waals surface area contributed by atoms with Gasteiger partial charge < -0.3 is 20.4 Å². The Kier molecular flexibility index (Phi) is 4.55. The van der Waals surface area contributed by atoms with Gasteiger partial charge in [-0.05, 0) is 35.4 Å². The molecule has 0 heterocycles. The minimum atomic E-state index is -1.25. The van der Waals surface area contributed by atoms with Crippen LogP contribution in [0.5, 0.6) is 0 Å². The van der Waals surface area contributed by atoms with Gasteiger partial charge in [0.2, 0.25) is 0 Å². The van der Waals surface area contributed by atoms with E-state index in [-0.39, 0.29) is 11.1 Å². The first-order chi connectivity index (χ1) is 10.4. The van der Waals surface area contributed by atoms with Gasteiger partial charge in [0.25, 0.3) is 0 Å². The van der Waals surface area contributed by atoms with E-state index in [4.69, 9.17) is 10.2 Å². The summed E-state index contributed by atoms with van der Waals surface area (Å²) in [5.74, 6) is -2.16. The van der Waals surface area contributed by atoms with E-state index in [9.17, 15) is 19.8 Å². The van der Waals surface area contributed by atoms with Crippen LogP contribution in [0.25, 0.3) is 0 Å². The van der Waals surface area contributed by atoms with Gasteiger partial charge in [0, 0.05) is 0 Å². The fourth-order valence-electron chi connectivity index (χ4n) is 2.01. The molecule has 2 aromatic carbocycles. The third-order valence-electron chi connectivity index (χ3n) is 3.30. The van der Waals surface area contributed by atoms with Crippen molar-refractivity contribution in [3.8, 4) is 0 Å². The predicted molar refractivity (Wildman–Crippen MR) is 76.7 cm³/mol. The van der Waals surface area contributed by atoms with Crippen molar-refractivity contribution >= 4 is 11.9 Å². The molecule has 0 bridgehead atoms. The first-order valence-electron chi connectivity index (χ1n) is 6.43. The molecular weight excluding hydrogens is 288 g/mol. The maximum Gasteiger partial charge on any atom is 0.335 e. The first kappa shape index (κ1) is 15.7. The summed E-state index contributed by atoms with van der Waals surface area (Å²) in [5.41, 5.74) is 0.882. The number of carboxylic acid groups (broad SMARTS) is 2. The summed E-state index contributed by atoms with van der Waals surface area (Å²) in [5, 5.41) is 37.9.